The van der Waals surface area contributed by atoms with Gasteiger partial charge < -0.3 is 9.47 Å². The van der Waals surface area contributed by atoms with Crippen LogP contribution in [0.25, 0.3) is 0 Å². The second-order valence-corrected chi connectivity index (χ2v) is 6.70. The molecule has 1 aliphatic rings. The number of nitrogens with zero attached hydrogens (tertiary/aromatic N) is 3. The highest BCUT2D eigenvalue weighted by atomic mass is 19.3. The number of aromatic nitrogens is 2. The second kappa shape index (κ2) is 8.14. The maximum absolute atomic E-state index is 12.4. The summed E-state index contributed by atoms with van der Waals surface area (Å²) in [6, 6.07) is 7.94. The van der Waals surface area contributed by atoms with Gasteiger partial charge in [0.25, 0.3) is 0 Å². The van der Waals surface area contributed by atoms with E-state index in [9.17, 15) is 8.78 Å². The lowest BCUT2D eigenvalue weighted by Gasteiger charge is -2.16. The molecule has 26 heavy (non-hydrogen) atoms. The molecule has 5 nitrogen and oxygen atoms in total. The number of likely N-dealkylation sites (tertiary alicyclic amines) is 1. The fraction of sp³-hybridized carbons (Fsp3) is 0.526. The van der Waals surface area contributed by atoms with Crippen LogP contribution in [-0.4, -0.2) is 47.6 Å². The Labute approximate surface area is 152 Å². The third-order valence-electron chi connectivity index (χ3n) is 4.93. The molecule has 1 aromatic heterocycles. The third-order valence-corrected chi connectivity index (χ3v) is 4.93. The third kappa shape index (κ3) is 4.40. The Morgan fingerprint density at radius 3 is 2.58 bits per heavy atom. The molecule has 2 aromatic rings. The van der Waals surface area contributed by atoms with E-state index in [0.29, 0.717) is 26.1 Å². The number of hydrogen-bond donors (Lipinski definition) is 0. The zero-order valence-electron chi connectivity index (χ0n) is 15.4. The molecule has 1 saturated heterocycles. The van der Waals surface area contributed by atoms with Crippen molar-refractivity contribution in [1.82, 2.24) is 14.7 Å². The van der Waals surface area contributed by atoms with Crippen molar-refractivity contribution in [2.45, 2.75) is 46.1 Å². The molecule has 1 atom stereocenters. The van der Waals surface area contributed by atoms with Crippen LogP contribution in [0.4, 0.5) is 8.78 Å². The Bertz CT molecular complexity index is 731. The number of methoxy groups -OCH3 is 1. The van der Waals surface area contributed by atoms with E-state index in [1.165, 1.54) is 0 Å². The second-order valence-electron chi connectivity index (χ2n) is 6.70. The number of ether oxygens (including phenoxy) is 2. The van der Waals surface area contributed by atoms with Crippen molar-refractivity contribution in [2.24, 2.45) is 0 Å². The highest BCUT2D eigenvalue weighted by molar-refractivity contribution is 5.29. The first-order chi connectivity index (χ1) is 12.5. The minimum Gasteiger partial charge on any atom is -0.497 e. The lowest BCUT2D eigenvalue weighted by Crippen LogP contribution is -2.24. The van der Waals surface area contributed by atoms with Gasteiger partial charge in [-0.2, -0.15) is 13.9 Å². The molecule has 0 saturated carbocycles. The highest BCUT2D eigenvalue weighted by Crippen LogP contribution is 2.22. The zero-order valence-corrected chi connectivity index (χ0v) is 15.4. The molecule has 0 aliphatic carbocycles. The lowest BCUT2D eigenvalue weighted by atomic mass is 10.1. The van der Waals surface area contributed by atoms with Crippen molar-refractivity contribution in [3.05, 3.63) is 46.8 Å². The topological polar surface area (TPSA) is 39.5 Å². The lowest BCUT2D eigenvalue weighted by molar-refractivity contribution is -0.158. The van der Waals surface area contributed by atoms with E-state index in [2.05, 4.69) is 21.7 Å². The standard InChI is InChI=1S/C19H25F2N3O2/c1-13-18(12-23-9-8-17(11-23)26-19(20)21)14(2)24(22-13)10-15-4-6-16(25-3)7-5-15/h4-7,17,19H,8-12H2,1-3H3/t17-/m0/s1. The molecule has 0 amide bonds. The summed E-state index contributed by atoms with van der Waals surface area (Å²) in [4.78, 5) is 2.15. The predicted octanol–water partition coefficient (Wildman–Crippen LogP) is 3.37. The first-order valence-electron chi connectivity index (χ1n) is 8.78. The maximum atomic E-state index is 12.4. The summed E-state index contributed by atoms with van der Waals surface area (Å²) in [6.07, 6.45) is 0.257. The van der Waals surface area contributed by atoms with Gasteiger partial charge in [-0.1, -0.05) is 12.1 Å². The number of rotatable bonds is 7. The van der Waals surface area contributed by atoms with Gasteiger partial charge in [0, 0.05) is 30.9 Å². The summed E-state index contributed by atoms with van der Waals surface area (Å²) in [5, 5.41) is 4.67. The molecule has 7 heteroatoms. The van der Waals surface area contributed by atoms with Crippen LogP contribution in [0.1, 0.15) is 28.9 Å². The molecular formula is C19H25F2N3O2. The quantitative estimate of drug-likeness (QED) is 0.754. The van der Waals surface area contributed by atoms with E-state index in [1.807, 2.05) is 35.9 Å². The van der Waals surface area contributed by atoms with E-state index in [-0.39, 0.29) is 6.10 Å². The molecular weight excluding hydrogens is 340 g/mol. The summed E-state index contributed by atoms with van der Waals surface area (Å²) in [6.45, 7) is 4.05. The summed E-state index contributed by atoms with van der Waals surface area (Å²) in [5.74, 6) is 0.831. The van der Waals surface area contributed by atoms with Gasteiger partial charge in [0.15, 0.2) is 0 Å². The Balaban J connectivity index is 1.66. The molecule has 0 bridgehead atoms. The average Bonchev–Trinajstić information content (AvgIpc) is 3.15. The Hall–Kier alpha value is -1.99. The first-order valence-corrected chi connectivity index (χ1v) is 8.78. The number of halogens is 2. The predicted molar refractivity (Wildman–Crippen MR) is 94.6 cm³/mol. The summed E-state index contributed by atoms with van der Waals surface area (Å²) in [7, 11) is 1.65. The monoisotopic (exact) mass is 365 g/mol. The van der Waals surface area contributed by atoms with Crippen molar-refractivity contribution in [3.63, 3.8) is 0 Å². The summed E-state index contributed by atoms with van der Waals surface area (Å²) < 4.78 is 36.6. The maximum Gasteiger partial charge on any atom is 0.345 e. The summed E-state index contributed by atoms with van der Waals surface area (Å²) in [5.41, 5.74) is 4.40. The van der Waals surface area contributed by atoms with E-state index in [4.69, 9.17) is 4.74 Å². The van der Waals surface area contributed by atoms with Crippen LogP contribution in [0.3, 0.4) is 0 Å². The van der Waals surface area contributed by atoms with Crippen LogP contribution in [0, 0.1) is 13.8 Å². The van der Waals surface area contributed by atoms with Crippen molar-refractivity contribution >= 4 is 0 Å². The van der Waals surface area contributed by atoms with E-state index in [0.717, 1.165) is 34.8 Å². The fourth-order valence-electron chi connectivity index (χ4n) is 3.44. The van der Waals surface area contributed by atoms with Crippen molar-refractivity contribution < 1.29 is 18.3 Å². The van der Waals surface area contributed by atoms with Crippen LogP contribution in [-0.2, 0) is 17.8 Å². The van der Waals surface area contributed by atoms with Crippen LogP contribution in [0.2, 0.25) is 0 Å². The molecule has 1 fully saturated rings. The fourth-order valence-corrected chi connectivity index (χ4v) is 3.44. The van der Waals surface area contributed by atoms with Crippen LogP contribution in [0.5, 0.6) is 5.75 Å². The van der Waals surface area contributed by atoms with Crippen molar-refractivity contribution in [2.75, 3.05) is 20.2 Å². The molecule has 1 aliphatic heterocycles. The highest BCUT2D eigenvalue weighted by Gasteiger charge is 2.27. The molecule has 2 heterocycles. The Kier molecular flexibility index (Phi) is 5.88. The molecule has 1 aromatic carbocycles. The Morgan fingerprint density at radius 1 is 1.19 bits per heavy atom. The minimum absolute atomic E-state index is 0.384. The van der Waals surface area contributed by atoms with Crippen LogP contribution >= 0.6 is 0 Å². The van der Waals surface area contributed by atoms with E-state index in [1.54, 1.807) is 7.11 Å². The first kappa shape index (κ1) is 18.8. The van der Waals surface area contributed by atoms with Gasteiger partial charge in [0.2, 0.25) is 0 Å². The molecule has 0 radical (unpaired) electrons. The largest absolute Gasteiger partial charge is 0.497 e. The van der Waals surface area contributed by atoms with E-state index < -0.39 is 6.61 Å². The van der Waals surface area contributed by atoms with Crippen LogP contribution < -0.4 is 4.74 Å². The van der Waals surface area contributed by atoms with Gasteiger partial charge in [-0.25, -0.2) is 0 Å². The Morgan fingerprint density at radius 2 is 1.92 bits per heavy atom. The van der Waals surface area contributed by atoms with Gasteiger partial charge >= 0.3 is 6.61 Å². The minimum atomic E-state index is -2.70. The zero-order chi connectivity index (χ0) is 18.7. The molecule has 0 spiro atoms. The van der Waals surface area contributed by atoms with Crippen molar-refractivity contribution in [3.8, 4) is 5.75 Å². The number of benzene rings is 1. The summed E-state index contributed by atoms with van der Waals surface area (Å²) >= 11 is 0. The van der Waals surface area contributed by atoms with E-state index >= 15 is 0 Å². The number of aryl methyl sites for hydroxylation is 1. The van der Waals surface area contributed by atoms with Crippen LogP contribution in [0.15, 0.2) is 24.3 Å². The van der Waals surface area contributed by atoms with Gasteiger partial charge in [-0.3, -0.25) is 9.58 Å². The number of alkyl halides is 2. The molecule has 0 unspecified atom stereocenters. The van der Waals surface area contributed by atoms with Gasteiger partial charge in [-0.15, -0.1) is 0 Å². The normalized spacial score (nSPS) is 18.0. The van der Waals surface area contributed by atoms with Crippen molar-refractivity contribution in [1.29, 1.82) is 0 Å². The smallest absolute Gasteiger partial charge is 0.345 e. The molecule has 3 rings (SSSR count). The van der Waals surface area contributed by atoms with Gasteiger partial charge in [0.1, 0.15) is 5.75 Å². The molecule has 142 valence electrons. The van der Waals surface area contributed by atoms with Gasteiger partial charge in [-0.05, 0) is 38.0 Å². The molecule has 0 N–H and O–H groups in total. The SMILES string of the molecule is COc1ccc(Cn2nc(C)c(CN3CC[C@H](OC(F)F)C3)c2C)cc1. The number of hydrogen-bond acceptors (Lipinski definition) is 4. The van der Waals surface area contributed by atoms with Gasteiger partial charge in [0.05, 0.1) is 25.5 Å². The average molecular weight is 365 g/mol.